The molecule has 0 saturated carbocycles. The zero-order chi connectivity index (χ0) is 18.2. The molecule has 2 aliphatic heterocycles. The molecule has 130 valence electrons. The Hall–Kier alpha value is -2.14. The van der Waals surface area contributed by atoms with E-state index in [4.69, 9.17) is 11.6 Å². The summed E-state index contributed by atoms with van der Waals surface area (Å²) in [6, 6.07) is 0.746. The number of aliphatic imine (C=N–C) groups is 4. The van der Waals surface area contributed by atoms with E-state index in [1.54, 1.807) is 0 Å². The van der Waals surface area contributed by atoms with E-state index in [-0.39, 0.29) is 28.9 Å². The van der Waals surface area contributed by atoms with Gasteiger partial charge in [0.15, 0.2) is 5.84 Å². The molecule has 0 saturated heterocycles. The van der Waals surface area contributed by atoms with Crippen molar-refractivity contribution in [2.45, 2.75) is 17.2 Å². The number of pyridine rings is 1. The van der Waals surface area contributed by atoms with Gasteiger partial charge in [-0.25, -0.2) is 20.0 Å². The van der Waals surface area contributed by atoms with Gasteiger partial charge in [0.1, 0.15) is 6.34 Å². The fourth-order valence-corrected chi connectivity index (χ4v) is 2.51. The number of halogens is 5. The topological polar surface area (TPSA) is 91.4 Å². The number of amidine groups is 2. The fraction of sp³-hybridized carbons (Fsp3) is 0.231. The van der Waals surface area contributed by atoms with E-state index >= 15 is 0 Å². The third kappa shape index (κ3) is 3.61. The normalized spacial score (nSPS) is 21.6. The van der Waals surface area contributed by atoms with Crippen molar-refractivity contribution in [1.82, 2.24) is 10.3 Å². The van der Waals surface area contributed by atoms with Crippen molar-refractivity contribution in [2.24, 2.45) is 20.0 Å². The van der Waals surface area contributed by atoms with Crippen molar-refractivity contribution in [2.75, 3.05) is 0 Å². The Morgan fingerprint density at radius 3 is 2.84 bits per heavy atom. The first-order valence-corrected chi connectivity index (χ1v) is 7.81. The Morgan fingerprint density at radius 2 is 2.16 bits per heavy atom. The number of nitrogens with one attached hydrogen (secondary N) is 1. The second kappa shape index (κ2) is 6.30. The highest BCUT2D eigenvalue weighted by Crippen LogP contribution is 2.31. The number of nitrogens with zero attached hydrogens (tertiary/aromatic N) is 5. The average Bonchev–Trinajstić information content (AvgIpc) is 2.93. The predicted molar refractivity (Wildman–Crippen MR) is 89.6 cm³/mol. The zero-order valence-corrected chi connectivity index (χ0v) is 14.4. The molecule has 0 radical (unpaired) electrons. The van der Waals surface area contributed by atoms with Gasteiger partial charge in [-0.15, -0.1) is 0 Å². The highest BCUT2D eigenvalue weighted by molar-refractivity contribution is 9.10. The van der Waals surface area contributed by atoms with Crippen LogP contribution in [0.1, 0.15) is 11.3 Å². The molecule has 25 heavy (non-hydrogen) atoms. The third-order valence-corrected chi connectivity index (χ3v) is 4.26. The third-order valence-electron chi connectivity index (χ3n) is 3.17. The van der Waals surface area contributed by atoms with Crippen LogP contribution in [0.25, 0.3) is 0 Å². The molecule has 0 fully saturated rings. The molecular weight excluding hydrogens is 429 g/mol. The number of aromatic nitrogens is 1. The van der Waals surface area contributed by atoms with Crippen molar-refractivity contribution >= 4 is 57.7 Å². The maximum absolute atomic E-state index is 12.6. The molecule has 1 N–H and O–H groups in total. The van der Waals surface area contributed by atoms with Crippen LogP contribution in [0.5, 0.6) is 0 Å². The lowest BCUT2D eigenvalue weighted by atomic mass is 10.2. The molecule has 1 unspecified atom stereocenters. The van der Waals surface area contributed by atoms with Gasteiger partial charge in [-0.3, -0.25) is 9.78 Å². The van der Waals surface area contributed by atoms with Crippen LogP contribution in [0.3, 0.4) is 0 Å². The summed E-state index contributed by atoms with van der Waals surface area (Å²) in [5.74, 6) is -0.570. The average molecular weight is 436 g/mol. The van der Waals surface area contributed by atoms with Crippen LogP contribution >= 0.6 is 27.5 Å². The molecule has 1 aromatic rings. The molecule has 3 rings (SSSR count). The summed E-state index contributed by atoms with van der Waals surface area (Å²) in [6.07, 6.45) is -1.25. The Bertz CT molecular complexity index is 866. The molecule has 1 amide bonds. The smallest absolute Gasteiger partial charge is 0.344 e. The van der Waals surface area contributed by atoms with Gasteiger partial charge in [0.25, 0.3) is 5.91 Å². The molecule has 0 bridgehead atoms. The lowest BCUT2D eigenvalue weighted by Gasteiger charge is -2.17. The van der Waals surface area contributed by atoms with Crippen LogP contribution in [0.4, 0.5) is 13.2 Å². The van der Waals surface area contributed by atoms with E-state index in [0.29, 0.717) is 6.20 Å². The van der Waals surface area contributed by atoms with Gasteiger partial charge < -0.3 is 5.32 Å². The van der Waals surface area contributed by atoms with Crippen LogP contribution < -0.4 is 5.32 Å². The van der Waals surface area contributed by atoms with Crippen molar-refractivity contribution in [3.63, 3.8) is 0 Å². The number of carbonyl (C=O) groups is 1. The summed E-state index contributed by atoms with van der Waals surface area (Å²) >= 11 is 9.05. The summed E-state index contributed by atoms with van der Waals surface area (Å²) in [4.78, 5) is 31.5. The Labute approximate surface area is 152 Å². The largest absolute Gasteiger partial charge is 0.417 e. The van der Waals surface area contributed by atoms with Gasteiger partial charge >= 0.3 is 6.18 Å². The molecule has 2 aliphatic rings. The van der Waals surface area contributed by atoms with Gasteiger partial charge in [0.05, 0.1) is 29.0 Å². The first kappa shape index (κ1) is 17.7. The summed E-state index contributed by atoms with van der Waals surface area (Å²) in [7, 11) is 0. The van der Waals surface area contributed by atoms with Gasteiger partial charge in [-0.2, -0.15) is 13.2 Å². The molecule has 0 spiro atoms. The van der Waals surface area contributed by atoms with Crippen LogP contribution in [0.2, 0.25) is 5.02 Å². The summed E-state index contributed by atoms with van der Waals surface area (Å²) in [5.41, 5.74) is -0.887. The number of alkyl halides is 4. The van der Waals surface area contributed by atoms with Gasteiger partial charge in [-0.1, -0.05) is 11.6 Å². The van der Waals surface area contributed by atoms with Crippen molar-refractivity contribution < 1.29 is 18.0 Å². The van der Waals surface area contributed by atoms with E-state index in [0.717, 1.165) is 6.07 Å². The second-order valence-electron chi connectivity index (χ2n) is 4.90. The molecule has 1 aromatic heterocycles. The SMILES string of the molecule is O=C(NCc1ncc(C(F)(F)F)cc1Cl)C1=NC2=NC=NC2(Br)C=N1. The maximum Gasteiger partial charge on any atom is 0.417 e. The molecule has 7 nitrogen and oxygen atoms in total. The molecule has 0 aromatic carbocycles. The van der Waals surface area contributed by atoms with Crippen LogP contribution in [0.15, 0.2) is 32.2 Å². The monoisotopic (exact) mass is 434 g/mol. The Balaban J connectivity index is 1.68. The lowest BCUT2D eigenvalue weighted by molar-refractivity contribution is -0.137. The number of hydrogen-bond donors (Lipinski definition) is 1. The van der Waals surface area contributed by atoms with E-state index in [2.05, 4.69) is 46.2 Å². The molecule has 1 atom stereocenters. The van der Waals surface area contributed by atoms with E-state index in [9.17, 15) is 18.0 Å². The molecule has 12 heteroatoms. The summed E-state index contributed by atoms with van der Waals surface area (Å²) in [6.45, 7) is -0.188. The maximum atomic E-state index is 12.6. The highest BCUT2D eigenvalue weighted by Gasteiger charge is 2.37. The van der Waals surface area contributed by atoms with E-state index in [1.165, 1.54) is 12.6 Å². The predicted octanol–water partition coefficient (Wildman–Crippen LogP) is 2.38. The first-order valence-electron chi connectivity index (χ1n) is 6.64. The number of fused-ring (bicyclic) bond motifs is 1. The van der Waals surface area contributed by atoms with E-state index < -0.39 is 22.1 Å². The number of hydrogen-bond acceptors (Lipinski definition) is 6. The van der Waals surface area contributed by atoms with Gasteiger partial charge in [-0.05, 0) is 22.0 Å². The summed E-state index contributed by atoms with van der Waals surface area (Å²) < 4.78 is 36.7. The van der Waals surface area contributed by atoms with Gasteiger partial charge in [0.2, 0.25) is 10.3 Å². The van der Waals surface area contributed by atoms with Crippen molar-refractivity contribution in [1.29, 1.82) is 0 Å². The minimum atomic E-state index is -4.55. The quantitative estimate of drug-likeness (QED) is 0.583. The van der Waals surface area contributed by atoms with Crippen LogP contribution in [0, 0.1) is 0 Å². The van der Waals surface area contributed by atoms with Gasteiger partial charge in [0, 0.05) is 6.20 Å². The number of carbonyl (C=O) groups excluding carboxylic acids is 1. The Kier molecular flexibility index (Phi) is 4.45. The number of rotatable bonds is 3. The first-order chi connectivity index (χ1) is 11.7. The highest BCUT2D eigenvalue weighted by atomic mass is 79.9. The Morgan fingerprint density at radius 1 is 1.40 bits per heavy atom. The second-order valence-corrected chi connectivity index (χ2v) is 6.51. The molecule has 0 aliphatic carbocycles. The zero-order valence-electron chi connectivity index (χ0n) is 12.1. The van der Waals surface area contributed by atoms with Crippen LogP contribution in [-0.2, 0) is 17.5 Å². The molecule has 3 heterocycles. The minimum absolute atomic E-state index is 0.0831. The molecular formula is C13H7BrClF3N6O. The number of amides is 1. The van der Waals surface area contributed by atoms with Crippen molar-refractivity contribution in [3.05, 3.63) is 28.5 Å². The van der Waals surface area contributed by atoms with E-state index in [1.807, 2.05) is 0 Å². The van der Waals surface area contributed by atoms with Crippen molar-refractivity contribution in [3.8, 4) is 0 Å². The standard InChI is InChI=1S/C13H7BrClF3N6O/c14-12-4-21-9(24-11(12)22-5-23-12)10(25)20-3-8-7(15)1-6(2-19-8)13(16,17)18/h1-2,4-5H,3H2,(H,20,25). The lowest BCUT2D eigenvalue weighted by Crippen LogP contribution is -2.37. The van der Waals surface area contributed by atoms with Crippen LogP contribution in [-0.4, -0.2) is 39.6 Å². The minimum Gasteiger partial charge on any atom is -0.344 e. The summed E-state index contributed by atoms with van der Waals surface area (Å²) in [5, 5.41) is 2.23. The fourth-order valence-electron chi connectivity index (χ4n) is 1.89.